The van der Waals surface area contributed by atoms with Gasteiger partial charge in [-0.2, -0.15) is 0 Å². The summed E-state index contributed by atoms with van der Waals surface area (Å²) in [6.45, 7) is 8.91. The first-order valence-corrected chi connectivity index (χ1v) is 9.29. The van der Waals surface area contributed by atoms with Gasteiger partial charge in [0.05, 0.1) is 9.52 Å². The second-order valence-corrected chi connectivity index (χ2v) is 8.14. The largest absolute Gasteiger partial charge is 0.0912 e. The van der Waals surface area contributed by atoms with Crippen LogP contribution in [0.2, 0.25) is 0 Å². The van der Waals surface area contributed by atoms with E-state index in [1.165, 1.54) is 32.7 Å². The van der Waals surface area contributed by atoms with E-state index in [0.717, 1.165) is 35.7 Å². The molecule has 108 valence electrons. The summed E-state index contributed by atoms with van der Waals surface area (Å²) in [6, 6.07) is 0. The molecule has 0 atom stereocenters. The van der Waals surface area contributed by atoms with Crippen molar-refractivity contribution in [3.8, 4) is 0 Å². The molecule has 0 aliphatic heterocycles. The number of hydrogen-bond donors (Lipinski definition) is 0. The Kier molecular flexibility index (Phi) is 7.08. The van der Waals surface area contributed by atoms with Crippen LogP contribution < -0.4 is 0 Å². The summed E-state index contributed by atoms with van der Waals surface area (Å²) in [6.07, 6.45) is 4.17. The van der Waals surface area contributed by atoms with Gasteiger partial charge in [-0.1, -0.05) is 59.3 Å². The Hall–Kier alpha value is 0.471. The normalized spacial score (nSPS) is 19.5. The zero-order valence-corrected chi connectivity index (χ0v) is 17.3. The van der Waals surface area contributed by atoms with Crippen molar-refractivity contribution in [2.45, 2.75) is 53.4 Å². The third-order valence-corrected chi connectivity index (χ3v) is 8.36. The molecule has 0 aromatic heterocycles. The van der Waals surface area contributed by atoms with Crippen LogP contribution >= 0.6 is 23.2 Å². The fourth-order valence-corrected chi connectivity index (χ4v) is 6.13. The predicted molar refractivity (Wildman–Crippen MR) is 89.5 cm³/mol. The standard InChI is InChI=1S/C16H22Cl2Si.Ti/c1-5-11-7-13(17)15(9(11)3)19-16-10(4)12(6-2)8-14(16)18;/h5-8,19H2,1-4H3;. The maximum atomic E-state index is 6.48. The molecule has 20 heavy (non-hydrogen) atoms. The first-order chi connectivity index (χ1) is 8.99. The minimum Gasteiger partial charge on any atom is -0.0889 e. The molecule has 2 aliphatic rings. The number of allylic oxidation sites excluding steroid dienone is 8. The Morgan fingerprint density at radius 3 is 1.45 bits per heavy atom. The summed E-state index contributed by atoms with van der Waals surface area (Å²) in [7, 11) is -0.528. The number of hydrogen-bond acceptors (Lipinski definition) is 0. The van der Waals surface area contributed by atoms with Crippen molar-refractivity contribution in [3.63, 3.8) is 0 Å². The molecule has 0 saturated heterocycles. The maximum Gasteiger partial charge on any atom is 0.0912 e. The maximum absolute atomic E-state index is 6.48. The van der Waals surface area contributed by atoms with E-state index in [0.29, 0.717) is 0 Å². The third-order valence-electron chi connectivity index (χ3n) is 4.57. The van der Waals surface area contributed by atoms with E-state index in [2.05, 4.69) is 27.7 Å². The van der Waals surface area contributed by atoms with Crippen LogP contribution in [0.3, 0.4) is 0 Å². The molecule has 0 heterocycles. The second-order valence-electron chi connectivity index (χ2n) is 5.46. The van der Waals surface area contributed by atoms with Crippen molar-refractivity contribution in [2.75, 3.05) is 0 Å². The second kappa shape index (κ2) is 7.65. The first kappa shape index (κ1) is 18.5. The van der Waals surface area contributed by atoms with Crippen LogP contribution in [0.1, 0.15) is 53.4 Å². The Morgan fingerprint density at radius 2 is 1.20 bits per heavy atom. The molecule has 4 heteroatoms. The van der Waals surface area contributed by atoms with Gasteiger partial charge in [-0.25, -0.2) is 0 Å². The van der Waals surface area contributed by atoms with E-state index in [-0.39, 0.29) is 21.7 Å². The molecule has 0 nitrogen and oxygen atoms in total. The van der Waals surface area contributed by atoms with Gasteiger partial charge in [-0.05, 0) is 37.1 Å². The summed E-state index contributed by atoms with van der Waals surface area (Å²) in [5.74, 6) is 0. The molecule has 0 radical (unpaired) electrons. The van der Waals surface area contributed by atoms with Gasteiger partial charge in [0.1, 0.15) is 0 Å². The first-order valence-electron chi connectivity index (χ1n) is 7.12. The molecule has 0 spiro atoms. The van der Waals surface area contributed by atoms with Gasteiger partial charge >= 0.3 is 0 Å². The zero-order chi connectivity index (χ0) is 14.2. The summed E-state index contributed by atoms with van der Waals surface area (Å²) >= 11 is 13.0. The Bertz CT molecular complexity index is 491. The average Bonchev–Trinajstić information content (AvgIpc) is 2.82. The summed E-state index contributed by atoms with van der Waals surface area (Å²) in [5, 5.41) is 5.05. The van der Waals surface area contributed by atoms with Crippen LogP contribution in [0.5, 0.6) is 0 Å². The molecule has 0 amide bonds. The minimum atomic E-state index is -0.528. The molecule has 2 aliphatic carbocycles. The molecular formula is C16H22Cl2SiTi. The van der Waals surface area contributed by atoms with Crippen molar-refractivity contribution in [2.24, 2.45) is 0 Å². The minimum absolute atomic E-state index is 0. The monoisotopic (exact) mass is 360 g/mol. The SMILES string of the molecule is CCC1=C(C)C([SiH2]C2=C(Cl)CC(CC)=C2C)=C(Cl)C1.[Ti]. The van der Waals surface area contributed by atoms with Gasteiger partial charge in [0, 0.05) is 44.6 Å². The fraction of sp³-hybridized carbons (Fsp3) is 0.500. The van der Waals surface area contributed by atoms with E-state index < -0.39 is 9.52 Å². The van der Waals surface area contributed by atoms with Crippen LogP contribution in [0, 0.1) is 0 Å². The topological polar surface area (TPSA) is 0 Å². The van der Waals surface area contributed by atoms with Crippen LogP contribution in [0.4, 0.5) is 0 Å². The van der Waals surface area contributed by atoms with E-state index in [9.17, 15) is 0 Å². The third kappa shape index (κ3) is 3.44. The van der Waals surface area contributed by atoms with Crippen molar-refractivity contribution in [1.29, 1.82) is 0 Å². The van der Waals surface area contributed by atoms with E-state index >= 15 is 0 Å². The Labute approximate surface area is 150 Å². The molecular weight excluding hydrogens is 339 g/mol. The van der Waals surface area contributed by atoms with Gasteiger partial charge < -0.3 is 0 Å². The van der Waals surface area contributed by atoms with Crippen molar-refractivity contribution < 1.29 is 21.7 Å². The van der Waals surface area contributed by atoms with Crippen molar-refractivity contribution in [3.05, 3.63) is 42.7 Å². The summed E-state index contributed by atoms with van der Waals surface area (Å²) in [5.41, 5.74) is 5.93. The number of rotatable bonds is 4. The predicted octanol–water partition coefficient (Wildman–Crippen LogP) is 5.31. The Balaban J connectivity index is 0.00000200. The van der Waals surface area contributed by atoms with Gasteiger partial charge in [0.2, 0.25) is 0 Å². The molecule has 0 aromatic carbocycles. The fourth-order valence-electron chi connectivity index (χ4n) is 3.10. The van der Waals surface area contributed by atoms with E-state index in [1.54, 1.807) is 0 Å². The number of halogens is 2. The zero-order valence-electron chi connectivity index (χ0n) is 12.8. The van der Waals surface area contributed by atoms with Gasteiger partial charge in [0.25, 0.3) is 0 Å². The summed E-state index contributed by atoms with van der Waals surface area (Å²) < 4.78 is 0. The van der Waals surface area contributed by atoms with Crippen molar-refractivity contribution in [1.82, 2.24) is 0 Å². The van der Waals surface area contributed by atoms with Gasteiger partial charge in [-0.3, -0.25) is 0 Å². The van der Waals surface area contributed by atoms with Gasteiger partial charge in [-0.15, -0.1) is 0 Å². The smallest absolute Gasteiger partial charge is 0.0889 e. The molecule has 0 saturated carbocycles. The Morgan fingerprint density at radius 1 is 0.850 bits per heavy atom. The molecule has 0 unspecified atom stereocenters. The van der Waals surface area contributed by atoms with E-state index in [4.69, 9.17) is 23.2 Å². The molecule has 2 rings (SSSR count). The average molecular weight is 361 g/mol. The van der Waals surface area contributed by atoms with Crippen LogP contribution in [-0.2, 0) is 21.7 Å². The summed E-state index contributed by atoms with van der Waals surface area (Å²) in [4.78, 5) is 0. The van der Waals surface area contributed by atoms with Crippen LogP contribution in [0.15, 0.2) is 42.7 Å². The molecule has 0 fully saturated rings. The van der Waals surface area contributed by atoms with Gasteiger partial charge in [0.15, 0.2) is 0 Å². The molecule has 0 N–H and O–H groups in total. The van der Waals surface area contributed by atoms with E-state index in [1.807, 2.05) is 0 Å². The van der Waals surface area contributed by atoms with Crippen LogP contribution in [-0.4, -0.2) is 9.52 Å². The van der Waals surface area contributed by atoms with Crippen molar-refractivity contribution >= 4 is 32.7 Å². The van der Waals surface area contributed by atoms with Crippen LogP contribution in [0.25, 0.3) is 0 Å². The quantitative estimate of drug-likeness (QED) is 0.595. The molecule has 0 aromatic rings. The molecule has 0 bridgehead atoms.